The largest absolute Gasteiger partial charge is 0.475 e. The van der Waals surface area contributed by atoms with Gasteiger partial charge in [0.15, 0.2) is 5.96 Å². The summed E-state index contributed by atoms with van der Waals surface area (Å²) in [7, 11) is 3.32. The Hall–Kier alpha value is -2.67. The Kier molecular flexibility index (Phi) is 8.35. The van der Waals surface area contributed by atoms with Crippen molar-refractivity contribution in [3.05, 3.63) is 59.5 Å². The highest BCUT2D eigenvalue weighted by Gasteiger charge is 2.06. The lowest BCUT2D eigenvalue weighted by Crippen LogP contribution is -2.38. The third-order valence-electron chi connectivity index (χ3n) is 3.69. The van der Waals surface area contributed by atoms with Gasteiger partial charge in [-0.05, 0) is 24.1 Å². The highest BCUT2D eigenvalue weighted by Crippen LogP contribution is 2.13. The first-order valence-electron chi connectivity index (χ1n) is 8.48. The number of hydrogen-bond donors (Lipinski definition) is 2. The molecule has 0 bridgehead atoms. The lowest BCUT2D eigenvalue weighted by Gasteiger charge is -2.14. The van der Waals surface area contributed by atoms with Crippen molar-refractivity contribution in [2.75, 3.05) is 33.9 Å². The van der Waals surface area contributed by atoms with Crippen molar-refractivity contribution in [3.8, 4) is 5.88 Å². The average molecular weight is 360 g/mol. The van der Waals surface area contributed by atoms with E-state index in [1.165, 1.54) is 6.07 Å². The molecule has 1 aromatic heterocycles. The summed E-state index contributed by atoms with van der Waals surface area (Å²) in [4.78, 5) is 8.43. The fourth-order valence-corrected chi connectivity index (χ4v) is 2.33. The summed E-state index contributed by atoms with van der Waals surface area (Å²) in [6.45, 7) is 2.03. The molecule has 0 unspecified atom stereocenters. The van der Waals surface area contributed by atoms with E-state index in [0.717, 1.165) is 5.56 Å². The van der Waals surface area contributed by atoms with Crippen LogP contribution in [0.1, 0.15) is 11.1 Å². The molecule has 0 aliphatic carbocycles. The Bertz CT molecular complexity index is 709. The zero-order chi connectivity index (χ0) is 18.6. The fourth-order valence-electron chi connectivity index (χ4n) is 2.33. The van der Waals surface area contributed by atoms with Crippen molar-refractivity contribution >= 4 is 5.96 Å². The van der Waals surface area contributed by atoms with E-state index < -0.39 is 0 Å². The number of aromatic nitrogens is 1. The van der Waals surface area contributed by atoms with Crippen LogP contribution in [0.2, 0.25) is 0 Å². The van der Waals surface area contributed by atoms with Gasteiger partial charge in [-0.1, -0.05) is 24.3 Å². The van der Waals surface area contributed by atoms with Gasteiger partial charge in [0, 0.05) is 39.0 Å². The maximum Gasteiger partial charge on any atom is 0.218 e. The number of pyridine rings is 1. The molecule has 0 aliphatic heterocycles. The van der Waals surface area contributed by atoms with Crippen LogP contribution in [0.25, 0.3) is 0 Å². The second-order valence-electron chi connectivity index (χ2n) is 5.50. The molecular weight excluding hydrogens is 335 g/mol. The minimum absolute atomic E-state index is 0.189. The van der Waals surface area contributed by atoms with E-state index in [1.54, 1.807) is 32.5 Å². The van der Waals surface area contributed by atoms with E-state index in [-0.39, 0.29) is 5.82 Å². The molecule has 0 saturated heterocycles. The number of halogens is 1. The zero-order valence-electron chi connectivity index (χ0n) is 15.2. The van der Waals surface area contributed by atoms with Crippen LogP contribution in [0.3, 0.4) is 0 Å². The van der Waals surface area contributed by atoms with Crippen LogP contribution in [0.4, 0.5) is 4.39 Å². The molecule has 2 rings (SSSR count). The molecule has 0 fully saturated rings. The molecule has 0 amide bonds. The molecule has 7 heteroatoms. The maximum absolute atomic E-state index is 13.6. The van der Waals surface area contributed by atoms with E-state index in [9.17, 15) is 4.39 Å². The van der Waals surface area contributed by atoms with Gasteiger partial charge in [0.2, 0.25) is 5.88 Å². The number of ether oxygens (including phenoxy) is 2. The lowest BCUT2D eigenvalue weighted by molar-refractivity contribution is 0.143. The van der Waals surface area contributed by atoms with E-state index in [1.807, 2.05) is 18.2 Å². The highest BCUT2D eigenvalue weighted by molar-refractivity contribution is 5.79. The third-order valence-corrected chi connectivity index (χ3v) is 3.69. The van der Waals surface area contributed by atoms with Gasteiger partial charge in [0.05, 0.1) is 6.61 Å². The number of hydrogen-bond acceptors (Lipinski definition) is 4. The van der Waals surface area contributed by atoms with Gasteiger partial charge in [-0.3, -0.25) is 4.99 Å². The SMILES string of the molecule is CN=C(NCCc1ccccc1F)NCc1cccnc1OCCOC. The smallest absolute Gasteiger partial charge is 0.218 e. The predicted octanol–water partition coefficient (Wildman–Crippen LogP) is 2.15. The molecule has 0 saturated carbocycles. The van der Waals surface area contributed by atoms with Crippen LogP contribution in [0.15, 0.2) is 47.6 Å². The Morgan fingerprint density at radius 2 is 1.92 bits per heavy atom. The number of nitrogens with one attached hydrogen (secondary N) is 2. The molecule has 1 aromatic carbocycles. The summed E-state index contributed by atoms with van der Waals surface area (Å²) in [5.41, 5.74) is 1.59. The van der Waals surface area contributed by atoms with Gasteiger partial charge >= 0.3 is 0 Å². The monoisotopic (exact) mass is 360 g/mol. The van der Waals surface area contributed by atoms with Crippen LogP contribution in [-0.4, -0.2) is 44.9 Å². The van der Waals surface area contributed by atoms with Gasteiger partial charge in [0.1, 0.15) is 12.4 Å². The number of rotatable bonds is 9. The number of guanidine groups is 1. The molecule has 0 aliphatic rings. The van der Waals surface area contributed by atoms with Crippen LogP contribution in [0, 0.1) is 5.82 Å². The number of aliphatic imine (C=N–C) groups is 1. The van der Waals surface area contributed by atoms with Crippen molar-refractivity contribution in [1.82, 2.24) is 15.6 Å². The van der Waals surface area contributed by atoms with Crippen molar-refractivity contribution in [3.63, 3.8) is 0 Å². The highest BCUT2D eigenvalue weighted by atomic mass is 19.1. The molecule has 2 aromatic rings. The summed E-state index contributed by atoms with van der Waals surface area (Å²) in [6.07, 6.45) is 2.26. The zero-order valence-corrected chi connectivity index (χ0v) is 15.2. The molecule has 26 heavy (non-hydrogen) atoms. The summed E-state index contributed by atoms with van der Waals surface area (Å²) < 4.78 is 24.2. The van der Waals surface area contributed by atoms with Crippen LogP contribution in [-0.2, 0) is 17.7 Å². The van der Waals surface area contributed by atoms with Gasteiger partial charge in [0.25, 0.3) is 0 Å². The summed E-state index contributed by atoms with van der Waals surface area (Å²) >= 11 is 0. The van der Waals surface area contributed by atoms with Crippen LogP contribution >= 0.6 is 0 Å². The minimum Gasteiger partial charge on any atom is -0.475 e. The standard InChI is InChI=1S/C19H25FN4O2/c1-21-19(23-11-9-15-6-3-4-8-17(15)20)24-14-16-7-5-10-22-18(16)26-13-12-25-2/h3-8,10H,9,11-14H2,1-2H3,(H2,21,23,24). The van der Waals surface area contributed by atoms with Crippen molar-refractivity contribution in [1.29, 1.82) is 0 Å². The fraction of sp³-hybridized carbons (Fsp3) is 0.368. The first-order valence-corrected chi connectivity index (χ1v) is 8.48. The molecular formula is C19H25FN4O2. The molecule has 0 radical (unpaired) electrons. The molecule has 0 spiro atoms. The Morgan fingerprint density at radius 1 is 1.12 bits per heavy atom. The topological polar surface area (TPSA) is 67.8 Å². The Balaban J connectivity index is 1.82. The summed E-state index contributed by atoms with van der Waals surface area (Å²) in [5, 5.41) is 6.39. The number of benzene rings is 1. The van der Waals surface area contributed by atoms with Crippen molar-refractivity contribution in [2.24, 2.45) is 4.99 Å². The van der Waals surface area contributed by atoms with Gasteiger partial charge < -0.3 is 20.1 Å². The van der Waals surface area contributed by atoms with Crippen molar-refractivity contribution < 1.29 is 13.9 Å². The summed E-state index contributed by atoms with van der Waals surface area (Å²) in [6, 6.07) is 10.6. The van der Waals surface area contributed by atoms with E-state index in [2.05, 4.69) is 20.6 Å². The normalized spacial score (nSPS) is 11.3. The molecule has 2 N–H and O–H groups in total. The van der Waals surface area contributed by atoms with E-state index in [0.29, 0.717) is 50.1 Å². The first-order chi connectivity index (χ1) is 12.7. The number of methoxy groups -OCH3 is 1. The third kappa shape index (κ3) is 6.33. The van der Waals surface area contributed by atoms with Gasteiger partial charge in [-0.2, -0.15) is 0 Å². The molecule has 1 heterocycles. The number of nitrogens with zero attached hydrogens (tertiary/aromatic N) is 2. The molecule has 140 valence electrons. The van der Waals surface area contributed by atoms with Crippen molar-refractivity contribution in [2.45, 2.75) is 13.0 Å². The quantitative estimate of drug-likeness (QED) is 0.407. The van der Waals surface area contributed by atoms with E-state index >= 15 is 0 Å². The van der Waals surface area contributed by atoms with Gasteiger partial charge in [-0.15, -0.1) is 0 Å². The van der Waals surface area contributed by atoms with Gasteiger partial charge in [-0.25, -0.2) is 9.37 Å². The first kappa shape index (κ1) is 19.7. The summed E-state index contributed by atoms with van der Waals surface area (Å²) in [5.74, 6) is 1.01. The molecule has 0 atom stereocenters. The molecule has 6 nitrogen and oxygen atoms in total. The van der Waals surface area contributed by atoms with E-state index in [4.69, 9.17) is 9.47 Å². The van der Waals surface area contributed by atoms with Crippen LogP contribution in [0.5, 0.6) is 5.88 Å². The lowest BCUT2D eigenvalue weighted by atomic mass is 10.1. The Morgan fingerprint density at radius 3 is 2.69 bits per heavy atom. The second kappa shape index (κ2) is 11.0. The van der Waals surface area contributed by atoms with Crippen LogP contribution < -0.4 is 15.4 Å². The Labute approximate surface area is 153 Å². The maximum atomic E-state index is 13.6. The average Bonchev–Trinajstić information content (AvgIpc) is 2.67. The minimum atomic E-state index is -0.189. The predicted molar refractivity (Wildman–Crippen MR) is 99.9 cm³/mol. The second-order valence-corrected chi connectivity index (χ2v) is 5.50.